The van der Waals surface area contributed by atoms with Crippen LogP contribution in [0, 0.1) is 0 Å². The van der Waals surface area contributed by atoms with Crippen LogP contribution < -0.4 is 10.1 Å². The summed E-state index contributed by atoms with van der Waals surface area (Å²) in [6, 6.07) is 17.3. The van der Waals surface area contributed by atoms with Gasteiger partial charge < -0.3 is 15.0 Å². The molecule has 1 fully saturated rings. The number of carbonyl (C=O) groups excluding carboxylic acids is 2. The van der Waals surface area contributed by atoms with E-state index in [1.807, 2.05) is 72.6 Å². The second-order valence-electron chi connectivity index (χ2n) is 8.32. The number of piperazine rings is 1. The molecule has 0 radical (unpaired) electrons. The topological polar surface area (TPSA) is 79.7 Å². The summed E-state index contributed by atoms with van der Waals surface area (Å²) in [7, 11) is 1.63. The molecule has 2 aromatic carbocycles. The number of para-hydroxylation sites is 1. The number of nitrogens with one attached hydrogen (secondary N) is 1. The molecule has 178 valence electrons. The van der Waals surface area contributed by atoms with Crippen LogP contribution in [0.3, 0.4) is 0 Å². The average molecular weight is 462 g/mol. The number of benzene rings is 2. The summed E-state index contributed by atoms with van der Waals surface area (Å²) in [6.07, 6.45) is 2.73. The van der Waals surface area contributed by atoms with Gasteiger partial charge in [-0.1, -0.05) is 25.1 Å². The fraction of sp³-hybridized carbons (Fsp3) is 0.346. The van der Waals surface area contributed by atoms with Crippen molar-refractivity contribution in [2.75, 3.05) is 46.4 Å². The van der Waals surface area contributed by atoms with Crippen LogP contribution in [0.25, 0.3) is 16.9 Å². The Bertz CT molecular complexity index is 1100. The zero-order valence-electron chi connectivity index (χ0n) is 19.7. The van der Waals surface area contributed by atoms with Crippen LogP contribution >= 0.6 is 0 Å². The standard InChI is InChI=1S/C26H31N5O3/c1-3-13-27-24(32)19-29-14-16-30(17-15-29)26(33)23-18-31(21-7-5-4-6-8-21)28-25(23)20-9-11-22(34-2)12-10-20/h4-12,18H,3,13-17,19H2,1-2H3,(H,27,32). The van der Waals surface area contributed by atoms with Crippen molar-refractivity contribution < 1.29 is 14.3 Å². The summed E-state index contributed by atoms with van der Waals surface area (Å²) in [5.74, 6) is 0.730. The zero-order valence-corrected chi connectivity index (χ0v) is 19.7. The van der Waals surface area contributed by atoms with Gasteiger partial charge in [0.2, 0.25) is 5.91 Å². The maximum Gasteiger partial charge on any atom is 0.257 e. The Morgan fingerprint density at radius 3 is 2.35 bits per heavy atom. The van der Waals surface area contributed by atoms with Crippen molar-refractivity contribution in [3.05, 3.63) is 66.4 Å². The van der Waals surface area contributed by atoms with Crippen molar-refractivity contribution in [1.29, 1.82) is 0 Å². The van der Waals surface area contributed by atoms with E-state index in [1.54, 1.807) is 11.8 Å². The van der Waals surface area contributed by atoms with E-state index >= 15 is 0 Å². The molecule has 0 aliphatic carbocycles. The highest BCUT2D eigenvalue weighted by molar-refractivity contribution is 6.00. The van der Waals surface area contributed by atoms with Gasteiger partial charge in [-0.25, -0.2) is 4.68 Å². The molecular formula is C26H31N5O3. The summed E-state index contributed by atoms with van der Waals surface area (Å²) >= 11 is 0. The number of methoxy groups -OCH3 is 1. The van der Waals surface area contributed by atoms with Gasteiger partial charge in [-0.05, 0) is 42.8 Å². The lowest BCUT2D eigenvalue weighted by atomic mass is 10.1. The van der Waals surface area contributed by atoms with Crippen molar-refractivity contribution in [3.63, 3.8) is 0 Å². The minimum absolute atomic E-state index is 0.0348. The van der Waals surface area contributed by atoms with E-state index in [4.69, 9.17) is 9.84 Å². The number of carbonyl (C=O) groups is 2. The molecule has 3 aromatic rings. The van der Waals surface area contributed by atoms with E-state index in [0.29, 0.717) is 50.5 Å². The first kappa shape index (κ1) is 23.5. The second kappa shape index (κ2) is 11.0. The molecular weight excluding hydrogens is 430 g/mol. The van der Waals surface area contributed by atoms with Crippen LogP contribution in [0.1, 0.15) is 23.7 Å². The monoisotopic (exact) mass is 461 g/mol. The van der Waals surface area contributed by atoms with Crippen LogP contribution in [0.5, 0.6) is 5.75 Å². The van der Waals surface area contributed by atoms with E-state index in [2.05, 4.69) is 10.2 Å². The molecule has 2 amide bonds. The molecule has 8 heteroatoms. The van der Waals surface area contributed by atoms with E-state index in [9.17, 15) is 9.59 Å². The third-order valence-corrected chi connectivity index (χ3v) is 5.93. The zero-order chi connectivity index (χ0) is 23.9. The second-order valence-corrected chi connectivity index (χ2v) is 8.32. The van der Waals surface area contributed by atoms with Gasteiger partial charge in [-0.3, -0.25) is 14.5 Å². The Morgan fingerprint density at radius 2 is 1.71 bits per heavy atom. The number of hydrogen-bond donors (Lipinski definition) is 1. The van der Waals surface area contributed by atoms with Gasteiger partial charge in [0.05, 0.1) is 24.9 Å². The van der Waals surface area contributed by atoms with Crippen LogP contribution in [0.2, 0.25) is 0 Å². The number of amides is 2. The highest BCUT2D eigenvalue weighted by Gasteiger charge is 2.27. The third-order valence-electron chi connectivity index (χ3n) is 5.93. The van der Waals surface area contributed by atoms with Gasteiger partial charge >= 0.3 is 0 Å². The summed E-state index contributed by atoms with van der Waals surface area (Å²) in [5.41, 5.74) is 2.94. The molecule has 1 aliphatic rings. The largest absolute Gasteiger partial charge is 0.497 e. The smallest absolute Gasteiger partial charge is 0.257 e. The Balaban J connectivity index is 1.53. The summed E-state index contributed by atoms with van der Waals surface area (Å²) < 4.78 is 7.03. The molecule has 0 spiro atoms. The normalized spacial score (nSPS) is 14.1. The van der Waals surface area contributed by atoms with Crippen molar-refractivity contribution in [3.8, 4) is 22.7 Å². The highest BCUT2D eigenvalue weighted by Crippen LogP contribution is 2.27. The maximum absolute atomic E-state index is 13.6. The van der Waals surface area contributed by atoms with Gasteiger partial charge in [-0.15, -0.1) is 0 Å². The van der Waals surface area contributed by atoms with E-state index in [0.717, 1.165) is 23.4 Å². The van der Waals surface area contributed by atoms with Gasteiger partial charge in [0.25, 0.3) is 5.91 Å². The Hall–Kier alpha value is -3.65. The van der Waals surface area contributed by atoms with Crippen LogP contribution in [0.15, 0.2) is 60.8 Å². The van der Waals surface area contributed by atoms with Crippen molar-refractivity contribution in [1.82, 2.24) is 24.9 Å². The molecule has 1 saturated heterocycles. The number of aromatic nitrogens is 2. The molecule has 8 nitrogen and oxygen atoms in total. The molecule has 0 atom stereocenters. The maximum atomic E-state index is 13.6. The minimum Gasteiger partial charge on any atom is -0.497 e. The summed E-state index contributed by atoms with van der Waals surface area (Å²) in [6.45, 7) is 5.55. The first-order valence-electron chi connectivity index (χ1n) is 11.7. The van der Waals surface area contributed by atoms with Crippen LogP contribution in [-0.4, -0.2) is 77.8 Å². The molecule has 0 unspecified atom stereocenters. The van der Waals surface area contributed by atoms with Crippen LogP contribution in [-0.2, 0) is 4.79 Å². The van der Waals surface area contributed by atoms with Gasteiger partial charge in [0.1, 0.15) is 11.4 Å². The number of rotatable bonds is 8. The van der Waals surface area contributed by atoms with Crippen molar-refractivity contribution in [2.24, 2.45) is 0 Å². The fourth-order valence-electron chi connectivity index (χ4n) is 4.01. The Labute approximate surface area is 200 Å². The molecule has 2 heterocycles. The quantitative estimate of drug-likeness (QED) is 0.558. The highest BCUT2D eigenvalue weighted by atomic mass is 16.5. The van der Waals surface area contributed by atoms with Gasteiger partial charge in [0, 0.05) is 44.5 Å². The van der Waals surface area contributed by atoms with Gasteiger partial charge in [-0.2, -0.15) is 5.10 Å². The predicted molar refractivity (Wildman–Crippen MR) is 131 cm³/mol. The number of hydrogen-bond acceptors (Lipinski definition) is 5. The van der Waals surface area contributed by atoms with Crippen molar-refractivity contribution in [2.45, 2.75) is 13.3 Å². The molecule has 34 heavy (non-hydrogen) atoms. The number of ether oxygens (including phenoxy) is 1. The Morgan fingerprint density at radius 1 is 1.00 bits per heavy atom. The fourth-order valence-corrected chi connectivity index (χ4v) is 4.01. The third kappa shape index (κ3) is 5.46. The lowest BCUT2D eigenvalue weighted by Crippen LogP contribution is -2.51. The molecule has 0 bridgehead atoms. The van der Waals surface area contributed by atoms with Crippen LogP contribution in [0.4, 0.5) is 0 Å². The van der Waals surface area contributed by atoms with E-state index in [-0.39, 0.29) is 11.8 Å². The molecule has 4 rings (SSSR count). The SMILES string of the molecule is CCCNC(=O)CN1CCN(C(=O)c2cn(-c3ccccc3)nc2-c2ccc(OC)cc2)CC1. The molecule has 1 aliphatic heterocycles. The molecule has 1 aromatic heterocycles. The van der Waals surface area contributed by atoms with E-state index < -0.39 is 0 Å². The van der Waals surface area contributed by atoms with E-state index in [1.165, 1.54) is 0 Å². The predicted octanol–water partition coefficient (Wildman–Crippen LogP) is 2.83. The van der Waals surface area contributed by atoms with Crippen molar-refractivity contribution >= 4 is 11.8 Å². The first-order chi connectivity index (χ1) is 16.6. The lowest BCUT2D eigenvalue weighted by Gasteiger charge is -2.34. The minimum atomic E-state index is -0.0527. The number of nitrogens with zero attached hydrogens (tertiary/aromatic N) is 4. The summed E-state index contributed by atoms with van der Waals surface area (Å²) in [4.78, 5) is 29.6. The van der Waals surface area contributed by atoms with Gasteiger partial charge in [0.15, 0.2) is 0 Å². The lowest BCUT2D eigenvalue weighted by molar-refractivity contribution is -0.122. The molecule has 1 N–H and O–H groups in total. The summed E-state index contributed by atoms with van der Waals surface area (Å²) in [5, 5.41) is 7.68. The Kier molecular flexibility index (Phi) is 7.59. The molecule has 0 saturated carbocycles. The first-order valence-corrected chi connectivity index (χ1v) is 11.7. The average Bonchev–Trinajstić information content (AvgIpc) is 3.33.